The Labute approximate surface area is 117 Å². The molecule has 1 aliphatic heterocycles. The normalized spacial score (nSPS) is 17.7. The van der Waals surface area contributed by atoms with E-state index in [-0.39, 0.29) is 17.8 Å². The average molecular weight is 269 g/mol. The second-order valence-electron chi connectivity index (χ2n) is 5.20. The Morgan fingerprint density at radius 3 is 2.60 bits per heavy atom. The van der Waals surface area contributed by atoms with Crippen LogP contribution in [0.3, 0.4) is 0 Å². The van der Waals surface area contributed by atoms with Crippen LogP contribution in [-0.4, -0.2) is 11.9 Å². The maximum atomic E-state index is 13.0. The molecule has 1 amide bonds. The highest BCUT2D eigenvalue weighted by molar-refractivity contribution is 6.07. The quantitative estimate of drug-likeness (QED) is 0.771. The lowest BCUT2D eigenvalue weighted by molar-refractivity contribution is 0.0975. The highest BCUT2D eigenvalue weighted by Crippen LogP contribution is 2.31. The monoisotopic (exact) mass is 269 g/mol. The van der Waals surface area contributed by atoms with Crippen molar-refractivity contribution in [2.75, 3.05) is 4.90 Å². The van der Waals surface area contributed by atoms with Crippen molar-refractivity contribution in [1.82, 2.24) is 0 Å². The molecule has 20 heavy (non-hydrogen) atoms. The maximum absolute atomic E-state index is 13.0. The number of aryl methyl sites for hydroxylation is 1. The van der Waals surface area contributed by atoms with Crippen LogP contribution in [0.15, 0.2) is 48.5 Å². The van der Waals surface area contributed by atoms with Gasteiger partial charge in [0, 0.05) is 17.3 Å². The van der Waals surface area contributed by atoms with Crippen LogP contribution in [0.4, 0.5) is 10.1 Å². The summed E-state index contributed by atoms with van der Waals surface area (Å²) in [5.41, 5.74) is 2.69. The van der Waals surface area contributed by atoms with Crippen LogP contribution in [0.5, 0.6) is 0 Å². The lowest BCUT2D eigenvalue weighted by Crippen LogP contribution is -2.42. The first-order chi connectivity index (χ1) is 9.66. The van der Waals surface area contributed by atoms with Crippen molar-refractivity contribution in [2.24, 2.45) is 0 Å². The van der Waals surface area contributed by atoms with Crippen molar-refractivity contribution in [1.29, 1.82) is 0 Å². The van der Waals surface area contributed by atoms with Gasteiger partial charge in [0.25, 0.3) is 5.91 Å². The lowest BCUT2D eigenvalue weighted by Gasteiger charge is -2.35. The molecule has 0 saturated heterocycles. The largest absolute Gasteiger partial charge is 0.305 e. The number of halogens is 1. The van der Waals surface area contributed by atoms with Crippen LogP contribution in [-0.2, 0) is 6.42 Å². The molecule has 3 heteroatoms. The van der Waals surface area contributed by atoms with E-state index in [1.54, 1.807) is 12.1 Å². The number of carbonyl (C=O) groups is 1. The van der Waals surface area contributed by atoms with E-state index in [4.69, 9.17) is 0 Å². The second kappa shape index (κ2) is 5.08. The Morgan fingerprint density at radius 1 is 1.15 bits per heavy atom. The van der Waals surface area contributed by atoms with E-state index >= 15 is 0 Å². The van der Waals surface area contributed by atoms with E-state index < -0.39 is 0 Å². The number of anilines is 1. The van der Waals surface area contributed by atoms with Crippen molar-refractivity contribution in [3.63, 3.8) is 0 Å². The van der Waals surface area contributed by atoms with E-state index in [0.717, 1.165) is 18.5 Å². The Hall–Kier alpha value is -2.16. The molecule has 0 spiro atoms. The van der Waals surface area contributed by atoms with Crippen molar-refractivity contribution < 1.29 is 9.18 Å². The summed E-state index contributed by atoms with van der Waals surface area (Å²) in [6, 6.07) is 13.9. The van der Waals surface area contributed by atoms with Gasteiger partial charge < -0.3 is 4.90 Å². The standard InChI is InChI=1S/C17H16FNO/c1-12-6-7-13-4-2-3-5-16(13)19(12)17(20)14-8-10-15(18)11-9-14/h2-5,8-12H,6-7H2,1H3/t12-/m0/s1. The summed E-state index contributed by atoms with van der Waals surface area (Å²) in [6.07, 6.45) is 1.94. The zero-order valence-corrected chi connectivity index (χ0v) is 11.3. The number of carbonyl (C=O) groups excluding carboxylic acids is 1. The summed E-state index contributed by atoms with van der Waals surface area (Å²) in [6.45, 7) is 2.05. The molecule has 0 aromatic heterocycles. The molecule has 0 saturated carbocycles. The van der Waals surface area contributed by atoms with Crippen LogP contribution < -0.4 is 4.90 Å². The van der Waals surface area contributed by atoms with Crippen molar-refractivity contribution >= 4 is 11.6 Å². The SMILES string of the molecule is C[C@H]1CCc2ccccc2N1C(=O)c1ccc(F)cc1. The van der Waals surface area contributed by atoms with Gasteiger partial charge in [-0.25, -0.2) is 4.39 Å². The zero-order valence-electron chi connectivity index (χ0n) is 11.3. The Morgan fingerprint density at radius 2 is 1.85 bits per heavy atom. The van der Waals surface area contributed by atoms with Crippen molar-refractivity contribution in [3.05, 3.63) is 65.5 Å². The molecule has 0 aliphatic carbocycles. The van der Waals surface area contributed by atoms with Crippen LogP contribution >= 0.6 is 0 Å². The predicted molar refractivity (Wildman–Crippen MR) is 77.4 cm³/mol. The lowest BCUT2D eigenvalue weighted by atomic mass is 9.96. The number of hydrogen-bond donors (Lipinski definition) is 0. The van der Waals surface area contributed by atoms with Crippen molar-refractivity contribution in [2.45, 2.75) is 25.8 Å². The van der Waals surface area contributed by atoms with Gasteiger partial charge in [0.1, 0.15) is 5.82 Å². The topological polar surface area (TPSA) is 20.3 Å². The van der Waals surface area contributed by atoms with Gasteiger partial charge in [-0.05, 0) is 55.7 Å². The molecule has 0 unspecified atom stereocenters. The van der Waals surface area contributed by atoms with Gasteiger partial charge in [-0.3, -0.25) is 4.79 Å². The van der Waals surface area contributed by atoms with E-state index in [2.05, 4.69) is 13.0 Å². The molecule has 0 fully saturated rings. The molecule has 0 radical (unpaired) electrons. The summed E-state index contributed by atoms with van der Waals surface area (Å²) in [4.78, 5) is 14.5. The smallest absolute Gasteiger partial charge is 0.258 e. The number of para-hydroxylation sites is 1. The molecule has 2 aromatic carbocycles. The molecule has 102 valence electrons. The molecule has 3 rings (SSSR count). The third kappa shape index (κ3) is 2.20. The third-order valence-electron chi connectivity index (χ3n) is 3.83. The van der Waals surface area contributed by atoms with Crippen LogP contribution in [0.2, 0.25) is 0 Å². The molecular weight excluding hydrogens is 253 g/mol. The van der Waals surface area contributed by atoms with E-state index in [9.17, 15) is 9.18 Å². The molecule has 0 bridgehead atoms. The average Bonchev–Trinajstić information content (AvgIpc) is 2.47. The first-order valence-electron chi connectivity index (χ1n) is 6.84. The molecule has 1 heterocycles. The van der Waals surface area contributed by atoms with Crippen LogP contribution in [0, 0.1) is 5.82 Å². The number of amides is 1. The van der Waals surface area contributed by atoms with Crippen molar-refractivity contribution in [3.8, 4) is 0 Å². The minimum atomic E-state index is -0.325. The fourth-order valence-corrected chi connectivity index (χ4v) is 2.73. The number of benzene rings is 2. The fourth-order valence-electron chi connectivity index (χ4n) is 2.73. The van der Waals surface area contributed by atoms with E-state index in [1.165, 1.54) is 17.7 Å². The van der Waals surface area contributed by atoms with Gasteiger partial charge in [0.05, 0.1) is 0 Å². The summed E-state index contributed by atoms with van der Waals surface area (Å²) in [5.74, 6) is -0.390. The molecule has 1 atom stereocenters. The van der Waals surface area contributed by atoms with Gasteiger partial charge >= 0.3 is 0 Å². The molecule has 0 N–H and O–H groups in total. The second-order valence-corrected chi connectivity index (χ2v) is 5.20. The minimum Gasteiger partial charge on any atom is -0.305 e. The van der Waals surface area contributed by atoms with Gasteiger partial charge in [0.2, 0.25) is 0 Å². The number of fused-ring (bicyclic) bond motifs is 1. The predicted octanol–water partition coefficient (Wildman–Crippen LogP) is 3.81. The molecule has 2 aromatic rings. The highest BCUT2D eigenvalue weighted by Gasteiger charge is 2.28. The number of rotatable bonds is 1. The van der Waals surface area contributed by atoms with Gasteiger partial charge in [0.15, 0.2) is 0 Å². The summed E-state index contributed by atoms with van der Waals surface area (Å²) >= 11 is 0. The summed E-state index contributed by atoms with van der Waals surface area (Å²) < 4.78 is 13.0. The summed E-state index contributed by atoms with van der Waals surface area (Å²) in [7, 11) is 0. The van der Waals surface area contributed by atoms with Crippen LogP contribution in [0.1, 0.15) is 29.3 Å². The molecule has 1 aliphatic rings. The highest BCUT2D eigenvalue weighted by atomic mass is 19.1. The molecule has 2 nitrogen and oxygen atoms in total. The minimum absolute atomic E-state index is 0.0651. The first kappa shape index (κ1) is 12.9. The van der Waals surface area contributed by atoms with Crippen LogP contribution in [0.25, 0.3) is 0 Å². The number of hydrogen-bond acceptors (Lipinski definition) is 1. The Bertz CT molecular complexity index is 636. The van der Waals surface area contributed by atoms with Gasteiger partial charge in [-0.2, -0.15) is 0 Å². The summed E-state index contributed by atoms with van der Waals surface area (Å²) in [5, 5.41) is 0. The van der Waals surface area contributed by atoms with Gasteiger partial charge in [-0.15, -0.1) is 0 Å². The number of nitrogens with zero attached hydrogens (tertiary/aromatic N) is 1. The Kier molecular flexibility index (Phi) is 3.26. The third-order valence-corrected chi connectivity index (χ3v) is 3.83. The van der Waals surface area contributed by atoms with E-state index in [1.807, 2.05) is 23.1 Å². The fraction of sp³-hybridized carbons (Fsp3) is 0.235. The van der Waals surface area contributed by atoms with Gasteiger partial charge in [-0.1, -0.05) is 18.2 Å². The van der Waals surface area contributed by atoms with E-state index in [0.29, 0.717) is 5.56 Å². The molecular formula is C17H16FNO. The first-order valence-corrected chi connectivity index (χ1v) is 6.84. The Balaban J connectivity index is 2.00. The maximum Gasteiger partial charge on any atom is 0.258 e. The zero-order chi connectivity index (χ0) is 14.1.